The molecule has 23 heavy (non-hydrogen) atoms. The van der Waals surface area contributed by atoms with Gasteiger partial charge < -0.3 is 10.5 Å². The molecule has 1 aromatic rings. The third kappa shape index (κ3) is 5.65. The average Bonchev–Trinajstić information content (AvgIpc) is 2.50. The zero-order valence-electron chi connectivity index (χ0n) is 13.1. The van der Waals surface area contributed by atoms with Gasteiger partial charge in [0.15, 0.2) is 5.78 Å². The molecule has 1 fully saturated rings. The number of carbonyl (C=O) groups excluding carboxylic acids is 2. The molecule has 0 radical (unpaired) electrons. The Morgan fingerprint density at radius 1 is 1.26 bits per heavy atom. The number of amides is 1. The van der Waals surface area contributed by atoms with Crippen LogP contribution in [-0.2, 0) is 16.1 Å². The zero-order chi connectivity index (χ0) is 15.9. The lowest BCUT2D eigenvalue weighted by Gasteiger charge is -2.32. The summed E-state index contributed by atoms with van der Waals surface area (Å²) in [6, 6.07) is 10.3. The minimum Gasteiger partial charge on any atom is -0.410 e. The summed E-state index contributed by atoms with van der Waals surface area (Å²) < 4.78 is 0. The molecule has 1 aliphatic heterocycles. The molecule has 0 bridgehead atoms. The van der Waals surface area contributed by atoms with Crippen molar-refractivity contribution in [3.8, 4) is 0 Å². The number of ketones is 1. The molecule has 1 aliphatic rings. The van der Waals surface area contributed by atoms with E-state index >= 15 is 0 Å². The third-order valence-corrected chi connectivity index (χ3v) is 3.82. The van der Waals surface area contributed by atoms with E-state index < -0.39 is 17.4 Å². The van der Waals surface area contributed by atoms with Gasteiger partial charge in [0.2, 0.25) is 5.71 Å². The maximum atomic E-state index is 11.8. The van der Waals surface area contributed by atoms with Crippen LogP contribution in [0.25, 0.3) is 0 Å². The molecule has 1 aromatic carbocycles. The number of nitrogens with zero attached hydrogens (tertiary/aromatic N) is 2. The van der Waals surface area contributed by atoms with Crippen molar-refractivity contribution in [3.05, 3.63) is 35.9 Å². The predicted octanol–water partition coefficient (Wildman–Crippen LogP) is 1.61. The van der Waals surface area contributed by atoms with Crippen molar-refractivity contribution >= 4 is 29.8 Å². The Kier molecular flexibility index (Phi) is 7.71. The van der Waals surface area contributed by atoms with Gasteiger partial charge in [-0.1, -0.05) is 35.5 Å². The zero-order valence-corrected chi connectivity index (χ0v) is 13.9. The van der Waals surface area contributed by atoms with Gasteiger partial charge >= 0.3 is 0 Å². The molecule has 1 saturated heterocycles. The fourth-order valence-electron chi connectivity index (χ4n) is 2.61. The molecular formula is C16H22ClN3O3. The molecule has 0 aliphatic carbocycles. The van der Waals surface area contributed by atoms with Crippen LogP contribution < -0.4 is 5.32 Å². The summed E-state index contributed by atoms with van der Waals surface area (Å²) in [4.78, 5) is 25.3. The Labute approximate surface area is 142 Å². The monoisotopic (exact) mass is 339 g/mol. The van der Waals surface area contributed by atoms with E-state index in [-0.39, 0.29) is 18.4 Å². The first-order chi connectivity index (χ1) is 10.6. The number of likely N-dealkylation sites (tertiary alicyclic amines) is 1. The number of Topliss-reactive ketones (excluding diaryl/α,β-unsaturated/α-hetero) is 1. The summed E-state index contributed by atoms with van der Waals surface area (Å²) in [7, 11) is 0. The van der Waals surface area contributed by atoms with E-state index in [0.29, 0.717) is 0 Å². The van der Waals surface area contributed by atoms with E-state index in [9.17, 15) is 9.59 Å². The van der Waals surface area contributed by atoms with Gasteiger partial charge in [-0.3, -0.25) is 14.5 Å². The highest BCUT2D eigenvalue weighted by Crippen LogP contribution is 2.13. The van der Waals surface area contributed by atoms with Crippen molar-refractivity contribution in [1.29, 1.82) is 0 Å². The summed E-state index contributed by atoms with van der Waals surface area (Å²) >= 11 is 0. The second-order valence-corrected chi connectivity index (χ2v) is 5.51. The van der Waals surface area contributed by atoms with E-state index in [0.717, 1.165) is 32.5 Å². The lowest BCUT2D eigenvalue weighted by atomic mass is 10.0. The number of rotatable bonds is 5. The Bertz CT molecular complexity index is 555. The van der Waals surface area contributed by atoms with Gasteiger partial charge in [-0.25, -0.2) is 0 Å². The molecule has 0 spiro atoms. The number of hydrogen-bond donors (Lipinski definition) is 2. The van der Waals surface area contributed by atoms with Crippen LogP contribution in [0.15, 0.2) is 35.5 Å². The van der Waals surface area contributed by atoms with E-state index in [2.05, 4.69) is 27.5 Å². The molecule has 0 saturated carbocycles. The highest BCUT2D eigenvalue weighted by molar-refractivity contribution is 6.65. The number of piperidine rings is 1. The fraction of sp³-hybridized carbons (Fsp3) is 0.438. The first-order valence-corrected chi connectivity index (χ1v) is 7.40. The Morgan fingerprint density at radius 3 is 2.39 bits per heavy atom. The van der Waals surface area contributed by atoms with Crippen molar-refractivity contribution in [2.24, 2.45) is 5.16 Å². The molecular weight excluding hydrogens is 318 g/mol. The lowest BCUT2D eigenvalue weighted by Crippen LogP contribution is -2.47. The van der Waals surface area contributed by atoms with E-state index in [1.54, 1.807) is 0 Å². The van der Waals surface area contributed by atoms with Crippen molar-refractivity contribution in [1.82, 2.24) is 10.2 Å². The average molecular weight is 340 g/mol. The Balaban J connectivity index is 0.00000264. The van der Waals surface area contributed by atoms with Crippen LogP contribution in [0.1, 0.15) is 25.3 Å². The van der Waals surface area contributed by atoms with Gasteiger partial charge in [0.1, 0.15) is 0 Å². The first kappa shape index (κ1) is 19.1. The maximum Gasteiger partial charge on any atom is 0.277 e. The third-order valence-electron chi connectivity index (χ3n) is 3.82. The standard InChI is InChI=1S/C16H21N3O3.ClH/c1-12(20)15(18-22)16(21)17-14-7-9-19(10-8-14)11-13-5-3-2-4-6-13;/h2-6,14,22H,7-11H2,1H3,(H,17,21);1H. The molecule has 2 N–H and O–H groups in total. The number of carbonyl (C=O) groups is 2. The van der Waals surface area contributed by atoms with Gasteiger partial charge in [-0.15, -0.1) is 12.4 Å². The first-order valence-electron chi connectivity index (χ1n) is 7.40. The van der Waals surface area contributed by atoms with Gasteiger partial charge in [0.25, 0.3) is 5.91 Å². The number of benzene rings is 1. The second-order valence-electron chi connectivity index (χ2n) is 5.51. The van der Waals surface area contributed by atoms with Gasteiger partial charge in [0.05, 0.1) is 0 Å². The highest BCUT2D eigenvalue weighted by atomic mass is 35.5. The number of nitrogens with one attached hydrogen (secondary N) is 1. The van der Waals surface area contributed by atoms with Crippen LogP contribution in [0.4, 0.5) is 0 Å². The minimum atomic E-state index is -0.600. The van der Waals surface area contributed by atoms with Crippen molar-refractivity contribution in [2.45, 2.75) is 32.4 Å². The molecule has 0 atom stereocenters. The van der Waals surface area contributed by atoms with Gasteiger partial charge in [-0.05, 0) is 18.4 Å². The van der Waals surface area contributed by atoms with Crippen LogP contribution in [0.5, 0.6) is 0 Å². The summed E-state index contributed by atoms with van der Waals surface area (Å²) in [6.07, 6.45) is 1.63. The van der Waals surface area contributed by atoms with Gasteiger partial charge in [-0.2, -0.15) is 0 Å². The van der Waals surface area contributed by atoms with Crippen molar-refractivity contribution < 1.29 is 14.8 Å². The second kappa shape index (κ2) is 9.27. The van der Waals surface area contributed by atoms with Crippen molar-refractivity contribution in [2.75, 3.05) is 13.1 Å². The molecule has 6 nitrogen and oxygen atoms in total. The normalized spacial score (nSPS) is 16.5. The largest absolute Gasteiger partial charge is 0.410 e. The lowest BCUT2D eigenvalue weighted by molar-refractivity contribution is -0.118. The summed E-state index contributed by atoms with van der Waals surface area (Å²) in [5.74, 6) is -1.14. The number of hydrogen-bond acceptors (Lipinski definition) is 5. The minimum absolute atomic E-state index is 0. The molecule has 1 heterocycles. The Morgan fingerprint density at radius 2 is 1.87 bits per heavy atom. The fourth-order valence-corrected chi connectivity index (χ4v) is 2.61. The highest BCUT2D eigenvalue weighted by Gasteiger charge is 2.24. The Hall–Kier alpha value is -1.92. The summed E-state index contributed by atoms with van der Waals surface area (Å²) in [5, 5.41) is 14.2. The van der Waals surface area contributed by atoms with Crippen LogP contribution in [0.2, 0.25) is 0 Å². The van der Waals surface area contributed by atoms with E-state index in [4.69, 9.17) is 5.21 Å². The molecule has 1 amide bonds. The van der Waals surface area contributed by atoms with E-state index in [1.165, 1.54) is 12.5 Å². The maximum absolute atomic E-state index is 11.8. The smallest absolute Gasteiger partial charge is 0.277 e. The quantitative estimate of drug-likeness (QED) is 0.369. The molecule has 0 unspecified atom stereocenters. The topological polar surface area (TPSA) is 82.0 Å². The van der Waals surface area contributed by atoms with Crippen LogP contribution in [-0.4, -0.2) is 46.6 Å². The molecule has 2 rings (SSSR count). The van der Waals surface area contributed by atoms with Crippen molar-refractivity contribution in [3.63, 3.8) is 0 Å². The van der Waals surface area contributed by atoms with E-state index in [1.807, 2.05) is 18.2 Å². The van der Waals surface area contributed by atoms with Crippen LogP contribution in [0.3, 0.4) is 0 Å². The predicted molar refractivity (Wildman–Crippen MR) is 90.0 cm³/mol. The summed E-state index contributed by atoms with van der Waals surface area (Å²) in [6.45, 7) is 3.87. The SMILES string of the molecule is CC(=O)C(=NO)C(=O)NC1CCN(Cc2ccccc2)CC1.Cl. The van der Waals surface area contributed by atoms with Gasteiger partial charge in [0, 0.05) is 32.6 Å². The summed E-state index contributed by atoms with van der Waals surface area (Å²) in [5.41, 5.74) is 0.836. The molecule has 126 valence electrons. The number of oxime groups is 1. The molecule has 0 aromatic heterocycles. The molecule has 7 heteroatoms. The number of halogens is 1. The van der Waals surface area contributed by atoms with Crippen LogP contribution >= 0.6 is 12.4 Å². The van der Waals surface area contributed by atoms with Crippen LogP contribution in [0, 0.1) is 0 Å².